The summed E-state index contributed by atoms with van der Waals surface area (Å²) in [6.07, 6.45) is 6.69. The van der Waals surface area contributed by atoms with Gasteiger partial charge in [0.05, 0.1) is 25.9 Å². The molecule has 0 spiro atoms. The fourth-order valence-corrected chi connectivity index (χ4v) is 5.27. The van der Waals surface area contributed by atoms with E-state index in [0.29, 0.717) is 36.9 Å². The van der Waals surface area contributed by atoms with Crippen LogP contribution in [-0.2, 0) is 16.1 Å². The minimum Gasteiger partial charge on any atom is -0.458 e. The number of halogens is 1. The van der Waals surface area contributed by atoms with Crippen LogP contribution in [0.15, 0.2) is 46.9 Å². The molecule has 6 nitrogen and oxygen atoms in total. The predicted molar refractivity (Wildman–Crippen MR) is 144 cm³/mol. The third-order valence-electron chi connectivity index (χ3n) is 7.23. The molecule has 1 aliphatic rings. The van der Waals surface area contributed by atoms with E-state index >= 15 is 0 Å². The highest BCUT2D eigenvalue weighted by Gasteiger charge is 2.31. The second kappa shape index (κ2) is 13.1. The van der Waals surface area contributed by atoms with Crippen molar-refractivity contribution in [2.75, 3.05) is 39.2 Å². The second-order valence-corrected chi connectivity index (χ2v) is 9.95. The number of nitrogens with one attached hydrogen (secondary N) is 1. The van der Waals surface area contributed by atoms with E-state index in [9.17, 15) is 9.18 Å². The zero-order chi connectivity index (χ0) is 26.2. The maximum Gasteiger partial charge on any atom is 0.253 e. The highest BCUT2D eigenvalue weighted by molar-refractivity contribution is 5.94. The van der Waals surface area contributed by atoms with Gasteiger partial charge in [-0.25, -0.2) is 4.39 Å². The summed E-state index contributed by atoms with van der Waals surface area (Å²) in [5.74, 6) is 0.891. The summed E-state index contributed by atoms with van der Waals surface area (Å²) in [5.41, 5.74) is 3.12. The van der Waals surface area contributed by atoms with Gasteiger partial charge in [0.25, 0.3) is 5.91 Å². The number of fused-ring (bicyclic) bond motifs is 1. The van der Waals surface area contributed by atoms with Gasteiger partial charge in [-0.15, -0.1) is 0 Å². The van der Waals surface area contributed by atoms with Crippen molar-refractivity contribution in [3.05, 3.63) is 65.2 Å². The highest BCUT2D eigenvalue weighted by Crippen LogP contribution is 2.41. The van der Waals surface area contributed by atoms with Gasteiger partial charge in [-0.05, 0) is 67.6 Å². The normalized spacial score (nSPS) is 15.1. The van der Waals surface area contributed by atoms with E-state index < -0.39 is 0 Å². The number of furan rings is 1. The van der Waals surface area contributed by atoms with Crippen LogP contribution in [0.2, 0.25) is 0 Å². The third kappa shape index (κ3) is 6.70. The largest absolute Gasteiger partial charge is 0.458 e. The Balaban J connectivity index is 1.65. The molecule has 37 heavy (non-hydrogen) atoms. The molecule has 1 N–H and O–H groups in total. The molecule has 200 valence electrons. The minimum absolute atomic E-state index is 0.0204. The first-order chi connectivity index (χ1) is 18.0. The number of anilines is 1. The van der Waals surface area contributed by atoms with Crippen LogP contribution in [0.25, 0.3) is 11.0 Å². The van der Waals surface area contributed by atoms with Gasteiger partial charge in [-0.3, -0.25) is 4.79 Å². The first-order valence-corrected chi connectivity index (χ1v) is 13.4. The Hall–Kier alpha value is -2.90. The van der Waals surface area contributed by atoms with Crippen LogP contribution in [-0.4, -0.2) is 44.7 Å². The predicted octanol–water partition coefficient (Wildman–Crippen LogP) is 6.95. The molecule has 7 heteroatoms. The maximum atomic E-state index is 14.2. The van der Waals surface area contributed by atoms with Gasteiger partial charge in [0.15, 0.2) is 0 Å². The molecule has 1 aliphatic carbocycles. The Morgan fingerprint density at radius 3 is 2.59 bits per heavy atom. The van der Waals surface area contributed by atoms with Gasteiger partial charge in [0, 0.05) is 42.9 Å². The van der Waals surface area contributed by atoms with Crippen molar-refractivity contribution in [1.29, 1.82) is 0 Å². The number of hydrogen-bond acceptors (Lipinski definition) is 5. The van der Waals surface area contributed by atoms with Crippen molar-refractivity contribution < 1.29 is 23.1 Å². The van der Waals surface area contributed by atoms with Crippen LogP contribution in [0, 0.1) is 11.7 Å². The molecule has 1 amide bonds. The number of benzene rings is 2. The summed E-state index contributed by atoms with van der Waals surface area (Å²) >= 11 is 0. The third-order valence-corrected chi connectivity index (χ3v) is 7.23. The molecular formula is C30H39FN2O4. The van der Waals surface area contributed by atoms with Gasteiger partial charge in [-0.2, -0.15) is 0 Å². The zero-order valence-electron chi connectivity index (χ0n) is 22.2. The first-order valence-electron chi connectivity index (χ1n) is 13.4. The summed E-state index contributed by atoms with van der Waals surface area (Å²) in [5, 5.41) is 4.46. The Morgan fingerprint density at radius 1 is 1.14 bits per heavy atom. The van der Waals surface area contributed by atoms with Crippen molar-refractivity contribution in [2.45, 2.75) is 58.1 Å². The molecule has 1 unspecified atom stereocenters. The molecule has 3 aromatic rings. The number of hydrogen-bond donors (Lipinski definition) is 1. The summed E-state index contributed by atoms with van der Waals surface area (Å²) in [4.78, 5) is 14.4. The minimum atomic E-state index is -0.298. The van der Waals surface area contributed by atoms with Crippen LogP contribution in [0.3, 0.4) is 0 Å². The highest BCUT2D eigenvalue weighted by atomic mass is 19.1. The van der Waals surface area contributed by atoms with E-state index in [0.717, 1.165) is 48.2 Å². The standard InChI is InChI=1S/C30H39FN2O4/c1-4-16-33(2)30(34)22-10-13-24(14-11-22)32-28(21-8-6-5-7-9-21)29-26(20-36-18-17-35-3)25-19-23(31)12-15-27(25)37-29/h10-15,19,21,28,32H,4-9,16-18,20H2,1-3H3. The average molecular weight is 511 g/mol. The number of amides is 1. The van der Waals surface area contributed by atoms with Gasteiger partial charge >= 0.3 is 0 Å². The van der Waals surface area contributed by atoms with E-state index in [4.69, 9.17) is 13.9 Å². The Kier molecular flexibility index (Phi) is 9.58. The van der Waals surface area contributed by atoms with Crippen LogP contribution in [0.1, 0.15) is 73.2 Å². The summed E-state index contributed by atoms with van der Waals surface area (Å²) in [6.45, 7) is 4.04. The van der Waals surface area contributed by atoms with Crippen molar-refractivity contribution in [3.8, 4) is 0 Å². The molecule has 0 saturated heterocycles. The Labute approximate surface area is 219 Å². The Morgan fingerprint density at radius 2 is 1.89 bits per heavy atom. The van der Waals surface area contributed by atoms with Crippen LogP contribution in [0.5, 0.6) is 0 Å². The summed E-state index contributed by atoms with van der Waals surface area (Å²) < 4.78 is 31.7. The molecular weight excluding hydrogens is 471 g/mol. The summed E-state index contributed by atoms with van der Waals surface area (Å²) in [7, 11) is 3.47. The number of ether oxygens (including phenoxy) is 2. The van der Waals surface area contributed by atoms with Crippen LogP contribution in [0.4, 0.5) is 10.1 Å². The lowest BCUT2D eigenvalue weighted by Gasteiger charge is -2.31. The summed E-state index contributed by atoms with van der Waals surface area (Å²) in [6, 6.07) is 12.2. The molecule has 1 atom stereocenters. The van der Waals surface area contributed by atoms with Crippen molar-refractivity contribution in [2.24, 2.45) is 5.92 Å². The molecule has 4 rings (SSSR count). The fraction of sp³-hybridized carbons (Fsp3) is 0.500. The lowest BCUT2D eigenvalue weighted by molar-refractivity contribution is 0.0611. The van der Waals surface area contributed by atoms with E-state index in [1.165, 1.54) is 31.4 Å². The topological polar surface area (TPSA) is 63.9 Å². The first kappa shape index (κ1) is 27.1. The number of methoxy groups -OCH3 is 1. The zero-order valence-corrected chi connectivity index (χ0v) is 22.2. The molecule has 2 aromatic carbocycles. The number of rotatable bonds is 12. The van der Waals surface area contributed by atoms with Crippen LogP contribution < -0.4 is 5.32 Å². The monoisotopic (exact) mass is 510 g/mol. The average Bonchev–Trinajstić information content (AvgIpc) is 3.27. The van der Waals surface area contributed by atoms with Gasteiger partial charge in [-0.1, -0.05) is 26.2 Å². The lowest BCUT2D eigenvalue weighted by atomic mass is 9.82. The number of carbonyl (C=O) groups is 1. The van der Waals surface area contributed by atoms with E-state index in [-0.39, 0.29) is 17.8 Å². The van der Waals surface area contributed by atoms with Crippen molar-refractivity contribution in [3.63, 3.8) is 0 Å². The maximum absolute atomic E-state index is 14.2. The molecule has 1 fully saturated rings. The lowest BCUT2D eigenvalue weighted by Crippen LogP contribution is -2.27. The Bertz CT molecular complexity index is 1150. The number of carbonyl (C=O) groups excluding carboxylic acids is 1. The second-order valence-electron chi connectivity index (χ2n) is 9.95. The molecule has 0 aliphatic heterocycles. The fourth-order valence-electron chi connectivity index (χ4n) is 5.27. The molecule has 0 bridgehead atoms. The van der Waals surface area contributed by atoms with Gasteiger partial charge in [0.1, 0.15) is 17.2 Å². The number of nitrogens with zero attached hydrogens (tertiary/aromatic N) is 1. The quantitative estimate of drug-likeness (QED) is 0.267. The SMILES string of the molecule is CCCN(C)C(=O)c1ccc(NC(c2oc3ccc(F)cc3c2COCCOC)C2CCCCC2)cc1. The van der Waals surface area contributed by atoms with E-state index in [1.807, 2.05) is 31.3 Å². The molecule has 0 radical (unpaired) electrons. The smallest absolute Gasteiger partial charge is 0.253 e. The molecule has 1 heterocycles. The van der Waals surface area contributed by atoms with Crippen molar-refractivity contribution >= 4 is 22.6 Å². The molecule has 1 aromatic heterocycles. The van der Waals surface area contributed by atoms with E-state index in [1.54, 1.807) is 18.1 Å². The van der Waals surface area contributed by atoms with Crippen LogP contribution >= 0.6 is 0 Å². The van der Waals surface area contributed by atoms with Gasteiger partial charge < -0.3 is 24.1 Å². The molecule has 1 saturated carbocycles. The van der Waals surface area contributed by atoms with Gasteiger partial charge in [0.2, 0.25) is 0 Å². The van der Waals surface area contributed by atoms with Crippen molar-refractivity contribution in [1.82, 2.24) is 4.90 Å². The van der Waals surface area contributed by atoms with E-state index in [2.05, 4.69) is 12.2 Å².